The van der Waals surface area contributed by atoms with Gasteiger partial charge in [-0.3, -0.25) is 4.79 Å². The second-order valence-electron chi connectivity index (χ2n) is 7.52. The number of fused-ring (bicyclic) bond motifs is 2. The van der Waals surface area contributed by atoms with Gasteiger partial charge in [0.15, 0.2) is 0 Å². The highest BCUT2D eigenvalue weighted by molar-refractivity contribution is 6.06. The molecule has 0 radical (unpaired) electrons. The van der Waals surface area contributed by atoms with E-state index in [1.807, 2.05) is 108 Å². The van der Waals surface area contributed by atoms with Crippen molar-refractivity contribution in [3.05, 3.63) is 120 Å². The summed E-state index contributed by atoms with van der Waals surface area (Å²) in [5, 5.41) is 0. The maximum absolute atomic E-state index is 13.8. The summed E-state index contributed by atoms with van der Waals surface area (Å²) in [5.74, 6) is -0.0529. The molecular weight excluding hydrogens is 382 g/mol. The van der Waals surface area contributed by atoms with E-state index in [0.717, 1.165) is 27.7 Å². The molecule has 4 heteroatoms. The van der Waals surface area contributed by atoms with Crippen molar-refractivity contribution in [3.63, 3.8) is 0 Å². The Hall–Kier alpha value is -4.05. The third-order valence-corrected chi connectivity index (χ3v) is 5.32. The van der Waals surface area contributed by atoms with Gasteiger partial charge in [0.2, 0.25) is 0 Å². The van der Waals surface area contributed by atoms with Crippen molar-refractivity contribution in [2.45, 2.75) is 13.1 Å². The van der Waals surface area contributed by atoms with Gasteiger partial charge in [-0.25, -0.2) is 9.97 Å². The van der Waals surface area contributed by atoms with E-state index in [9.17, 15) is 4.79 Å². The molecule has 5 aromatic rings. The number of aromatic nitrogens is 2. The predicted molar refractivity (Wildman–Crippen MR) is 124 cm³/mol. The van der Waals surface area contributed by atoms with Crippen molar-refractivity contribution in [2.75, 3.05) is 0 Å². The van der Waals surface area contributed by atoms with Crippen LogP contribution in [0.25, 0.3) is 22.1 Å². The van der Waals surface area contributed by atoms with E-state index in [1.54, 1.807) is 0 Å². The number of carbonyl (C=O) groups excluding carboxylic acids is 1. The van der Waals surface area contributed by atoms with Gasteiger partial charge in [-0.15, -0.1) is 0 Å². The van der Waals surface area contributed by atoms with Crippen LogP contribution in [0.1, 0.15) is 21.5 Å². The summed E-state index contributed by atoms with van der Waals surface area (Å²) in [6.07, 6.45) is 0. The van der Waals surface area contributed by atoms with Crippen LogP contribution in [0.15, 0.2) is 103 Å². The first-order valence-corrected chi connectivity index (χ1v) is 10.3. The molecule has 1 aromatic heterocycles. The van der Waals surface area contributed by atoms with Crippen molar-refractivity contribution in [2.24, 2.45) is 0 Å². The summed E-state index contributed by atoms with van der Waals surface area (Å²) in [4.78, 5) is 25.1. The number of carbonyl (C=O) groups is 1. The van der Waals surface area contributed by atoms with Crippen LogP contribution in [0.3, 0.4) is 0 Å². The van der Waals surface area contributed by atoms with E-state index in [0.29, 0.717) is 24.2 Å². The third kappa shape index (κ3) is 4.01. The SMILES string of the molecule is O=C(c1cccc2nc3ccccc3nc12)N(Cc1ccccc1)Cc1ccccc1. The first kappa shape index (κ1) is 18.9. The number of para-hydroxylation sites is 3. The van der Waals surface area contributed by atoms with Gasteiger partial charge in [0.05, 0.1) is 22.1 Å². The fourth-order valence-corrected chi connectivity index (χ4v) is 3.79. The summed E-state index contributed by atoms with van der Waals surface area (Å²) >= 11 is 0. The van der Waals surface area contributed by atoms with Crippen LogP contribution in [0.5, 0.6) is 0 Å². The Morgan fingerprint density at radius 3 is 1.71 bits per heavy atom. The second kappa shape index (κ2) is 8.36. The molecule has 0 spiro atoms. The van der Waals surface area contributed by atoms with Crippen LogP contribution < -0.4 is 0 Å². The molecule has 0 N–H and O–H groups in total. The monoisotopic (exact) mass is 403 g/mol. The van der Waals surface area contributed by atoms with E-state index >= 15 is 0 Å². The number of amides is 1. The molecule has 1 amide bonds. The Bertz CT molecular complexity index is 1310. The zero-order valence-electron chi connectivity index (χ0n) is 17.0. The van der Waals surface area contributed by atoms with Crippen LogP contribution in [0.2, 0.25) is 0 Å². The standard InChI is InChI=1S/C27H21N3O/c31-27(22-14-9-17-25-26(22)29-24-16-8-7-15-23(24)28-25)30(18-20-10-3-1-4-11-20)19-21-12-5-2-6-13-21/h1-17H,18-19H2. The highest BCUT2D eigenvalue weighted by atomic mass is 16.2. The molecule has 31 heavy (non-hydrogen) atoms. The molecule has 0 atom stereocenters. The molecule has 0 fully saturated rings. The minimum atomic E-state index is -0.0529. The Morgan fingerprint density at radius 2 is 1.10 bits per heavy atom. The molecule has 150 valence electrons. The van der Waals surface area contributed by atoms with Crippen LogP contribution in [0, 0.1) is 0 Å². The molecule has 0 saturated heterocycles. The Kier molecular flexibility index (Phi) is 5.11. The Morgan fingerprint density at radius 1 is 0.581 bits per heavy atom. The smallest absolute Gasteiger partial charge is 0.256 e. The van der Waals surface area contributed by atoms with Gasteiger partial charge < -0.3 is 4.90 Å². The number of nitrogens with zero attached hydrogens (tertiary/aromatic N) is 3. The zero-order chi connectivity index (χ0) is 21.0. The van der Waals surface area contributed by atoms with Gasteiger partial charge >= 0.3 is 0 Å². The maximum atomic E-state index is 13.8. The zero-order valence-corrected chi connectivity index (χ0v) is 17.0. The van der Waals surface area contributed by atoms with Gasteiger partial charge in [-0.05, 0) is 35.4 Å². The molecular formula is C27H21N3O. The molecule has 5 rings (SSSR count). The molecule has 4 aromatic carbocycles. The maximum Gasteiger partial charge on any atom is 0.256 e. The lowest BCUT2D eigenvalue weighted by atomic mass is 10.1. The minimum Gasteiger partial charge on any atom is -0.330 e. The largest absolute Gasteiger partial charge is 0.330 e. The van der Waals surface area contributed by atoms with E-state index in [1.165, 1.54) is 0 Å². The molecule has 0 aliphatic rings. The number of rotatable bonds is 5. The quantitative estimate of drug-likeness (QED) is 0.358. The lowest BCUT2D eigenvalue weighted by Gasteiger charge is -2.23. The third-order valence-electron chi connectivity index (χ3n) is 5.32. The van der Waals surface area contributed by atoms with Crippen LogP contribution in [0.4, 0.5) is 0 Å². The fraction of sp³-hybridized carbons (Fsp3) is 0.0741. The predicted octanol–water partition coefficient (Wildman–Crippen LogP) is 5.63. The summed E-state index contributed by atoms with van der Waals surface area (Å²) in [5.41, 5.74) is 5.72. The molecule has 1 heterocycles. The van der Waals surface area contributed by atoms with Crippen molar-refractivity contribution in [3.8, 4) is 0 Å². The average Bonchev–Trinajstić information content (AvgIpc) is 2.83. The lowest BCUT2D eigenvalue weighted by molar-refractivity contribution is 0.0732. The summed E-state index contributed by atoms with van der Waals surface area (Å²) < 4.78 is 0. The van der Waals surface area contributed by atoms with Crippen molar-refractivity contribution in [1.29, 1.82) is 0 Å². The summed E-state index contributed by atoms with van der Waals surface area (Å²) in [6, 6.07) is 33.5. The highest BCUT2D eigenvalue weighted by Crippen LogP contribution is 2.22. The Labute approximate surface area is 180 Å². The first-order valence-electron chi connectivity index (χ1n) is 10.3. The lowest BCUT2D eigenvalue weighted by Crippen LogP contribution is -2.30. The normalized spacial score (nSPS) is 11.0. The Balaban J connectivity index is 1.58. The van der Waals surface area contributed by atoms with Crippen LogP contribution in [-0.4, -0.2) is 20.8 Å². The van der Waals surface area contributed by atoms with Gasteiger partial charge in [-0.1, -0.05) is 78.9 Å². The summed E-state index contributed by atoms with van der Waals surface area (Å²) in [6.45, 7) is 1.04. The molecule has 0 aliphatic heterocycles. The van der Waals surface area contributed by atoms with E-state index in [4.69, 9.17) is 9.97 Å². The molecule has 0 aliphatic carbocycles. The number of hydrogen-bond acceptors (Lipinski definition) is 3. The fourth-order valence-electron chi connectivity index (χ4n) is 3.79. The summed E-state index contributed by atoms with van der Waals surface area (Å²) in [7, 11) is 0. The van der Waals surface area contributed by atoms with E-state index < -0.39 is 0 Å². The van der Waals surface area contributed by atoms with Crippen molar-refractivity contribution < 1.29 is 4.79 Å². The average molecular weight is 403 g/mol. The topological polar surface area (TPSA) is 46.1 Å². The van der Waals surface area contributed by atoms with Gasteiger partial charge in [-0.2, -0.15) is 0 Å². The van der Waals surface area contributed by atoms with Crippen LogP contribution in [-0.2, 0) is 13.1 Å². The second-order valence-corrected chi connectivity index (χ2v) is 7.52. The van der Waals surface area contributed by atoms with E-state index in [2.05, 4.69) is 0 Å². The molecule has 0 saturated carbocycles. The molecule has 0 bridgehead atoms. The van der Waals surface area contributed by atoms with E-state index in [-0.39, 0.29) is 5.91 Å². The van der Waals surface area contributed by atoms with Crippen molar-refractivity contribution in [1.82, 2.24) is 14.9 Å². The highest BCUT2D eigenvalue weighted by Gasteiger charge is 2.20. The van der Waals surface area contributed by atoms with Gasteiger partial charge in [0.25, 0.3) is 5.91 Å². The molecule has 4 nitrogen and oxygen atoms in total. The minimum absolute atomic E-state index is 0.0529. The van der Waals surface area contributed by atoms with Gasteiger partial charge in [0.1, 0.15) is 5.52 Å². The van der Waals surface area contributed by atoms with Crippen LogP contribution >= 0.6 is 0 Å². The first-order chi connectivity index (χ1) is 15.3. The van der Waals surface area contributed by atoms with Crippen molar-refractivity contribution >= 4 is 28.0 Å². The van der Waals surface area contributed by atoms with Gasteiger partial charge in [0, 0.05) is 13.1 Å². The number of benzene rings is 4. The number of hydrogen-bond donors (Lipinski definition) is 0. The molecule has 0 unspecified atom stereocenters.